The SMILES string of the molecule is COc1cccc(NC(=O)[C@H](OC(=O)C2=NNC(=O)CC2)c2ccccc2)c1. The van der Waals surface area contributed by atoms with Crippen LogP contribution in [0.15, 0.2) is 59.7 Å². The minimum Gasteiger partial charge on any atom is -0.497 e. The first-order valence-electron chi connectivity index (χ1n) is 8.63. The number of esters is 1. The molecule has 0 saturated carbocycles. The molecule has 8 heteroatoms. The summed E-state index contributed by atoms with van der Waals surface area (Å²) in [5, 5.41) is 6.44. The second-order valence-electron chi connectivity index (χ2n) is 6.01. The van der Waals surface area contributed by atoms with E-state index in [0.717, 1.165) is 0 Å². The first-order chi connectivity index (χ1) is 13.6. The number of benzene rings is 2. The summed E-state index contributed by atoms with van der Waals surface area (Å²) >= 11 is 0. The smallest absolute Gasteiger partial charge is 0.355 e. The van der Waals surface area contributed by atoms with Crippen LogP contribution in [0.25, 0.3) is 0 Å². The fraction of sp³-hybridized carbons (Fsp3) is 0.200. The molecule has 0 saturated heterocycles. The van der Waals surface area contributed by atoms with E-state index < -0.39 is 18.0 Å². The Bertz CT molecular complexity index is 911. The monoisotopic (exact) mass is 381 g/mol. The van der Waals surface area contributed by atoms with E-state index in [4.69, 9.17) is 9.47 Å². The molecule has 1 heterocycles. The van der Waals surface area contributed by atoms with Crippen LogP contribution in [0.4, 0.5) is 5.69 Å². The van der Waals surface area contributed by atoms with Gasteiger partial charge in [0, 0.05) is 30.2 Å². The number of hydrazone groups is 1. The lowest BCUT2D eigenvalue weighted by Gasteiger charge is -2.19. The number of nitrogens with zero attached hydrogens (tertiary/aromatic N) is 1. The van der Waals surface area contributed by atoms with Crippen molar-refractivity contribution in [3.8, 4) is 5.75 Å². The average Bonchev–Trinajstić information content (AvgIpc) is 2.73. The number of anilines is 1. The van der Waals surface area contributed by atoms with E-state index >= 15 is 0 Å². The van der Waals surface area contributed by atoms with Gasteiger partial charge in [-0.3, -0.25) is 9.59 Å². The summed E-state index contributed by atoms with van der Waals surface area (Å²) in [6.45, 7) is 0. The second kappa shape index (κ2) is 8.81. The highest BCUT2D eigenvalue weighted by molar-refractivity contribution is 6.37. The molecule has 1 atom stereocenters. The van der Waals surface area contributed by atoms with Crippen LogP contribution in [0, 0.1) is 0 Å². The normalized spacial score (nSPS) is 14.3. The van der Waals surface area contributed by atoms with Crippen molar-refractivity contribution in [2.24, 2.45) is 5.10 Å². The van der Waals surface area contributed by atoms with Crippen molar-refractivity contribution in [2.75, 3.05) is 12.4 Å². The van der Waals surface area contributed by atoms with Gasteiger partial charge in [-0.25, -0.2) is 10.2 Å². The van der Waals surface area contributed by atoms with Gasteiger partial charge in [-0.15, -0.1) is 0 Å². The third-order valence-electron chi connectivity index (χ3n) is 4.04. The summed E-state index contributed by atoms with van der Waals surface area (Å²) in [6, 6.07) is 15.5. The van der Waals surface area contributed by atoms with Crippen molar-refractivity contribution in [3.05, 3.63) is 60.2 Å². The topological polar surface area (TPSA) is 106 Å². The molecule has 2 N–H and O–H groups in total. The van der Waals surface area contributed by atoms with E-state index in [1.54, 1.807) is 54.6 Å². The fourth-order valence-electron chi connectivity index (χ4n) is 2.61. The third-order valence-corrected chi connectivity index (χ3v) is 4.04. The van der Waals surface area contributed by atoms with Crippen molar-refractivity contribution < 1.29 is 23.9 Å². The molecular weight excluding hydrogens is 362 g/mol. The molecular formula is C20H19N3O5. The maximum Gasteiger partial charge on any atom is 0.355 e. The van der Waals surface area contributed by atoms with Crippen LogP contribution < -0.4 is 15.5 Å². The molecule has 2 amide bonds. The summed E-state index contributed by atoms with van der Waals surface area (Å²) < 4.78 is 10.6. The highest BCUT2D eigenvalue weighted by Gasteiger charge is 2.28. The largest absolute Gasteiger partial charge is 0.497 e. The van der Waals surface area contributed by atoms with Crippen LogP contribution in [-0.4, -0.2) is 30.6 Å². The molecule has 2 aromatic carbocycles. The van der Waals surface area contributed by atoms with Crippen molar-refractivity contribution in [3.63, 3.8) is 0 Å². The van der Waals surface area contributed by atoms with Gasteiger partial charge in [-0.1, -0.05) is 36.4 Å². The zero-order chi connectivity index (χ0) is 19.9. The van der Waals surface area contributed by atoms with Crippen LogP contribution in [0.3, 0.4) is 0 Å². The zero-order valence-electron chi connectivity index (χ0n) is 15.2. The Labute approximate surface area is 161 Å². The molecule has 0 bridgehead atoms. The lowest BCUT2D eigenvalue weighted by molar-refractivity contribution is -0.148. The molecule has 1 aliphatic heterocycles. The predicted molar refractivity (Wildman–Crippen MR) is 102 cm³/mol. The molecule has 2 aromatic rings. The number of carbonyl (C=O) groups excluding carboxylic acids is 3. The number of hydrogen-bond acceptors (Lipinski definition) is 6. The van der Waals surface area contributed by atoms with Gasteiger partial charge in [0.2, 0.25) is 12.0 Å². The summed E-state index contributed by atoms with van der Waals surface area (Å²) in [4.78, 5) is 36.5. The highest BCUT2D eigenvalue weighted by atomic mass is 16.5. The quantitative estimate of drug-likeness (QED) is 0.746. The summed E-state index contributed by atoms with van der Waals surface area (Å²) in [7, 11) is 1.53. The van der Waals surface area contributed by atoms with Crippen molar-refractivity contribution in [1.82, 2.24) is 5.43 Å². The van der Waals surface area contributed by atoms with E-state index in [9.17, 15) is 14.4 Å². The number of nitrogens with one attached hydrogen (secondary N) is 2. The van der Waals surface area contributed by atoms with Gasteiger partial charge in [0.05, 0.1) is 7.11 Å². The first-order valence-corrected chi connectivity index (χ1v) is 8.63. The van der Waals surface area contributed by atoms with Gasteiger partial charge in [0.25, 0.3) is 5.91 Å². The number of rotatable bonds is 6. The molecule has 0 aromatic heterocycles. The lowest BCUT2D eigenvalue weighted by Crippen LogP contribution is -2.33. The maximum absolute atomic E-state index is 12.8. The van der Waals surface area contributed by atoms with Crippen LogP contribution in [0.2, 0.25) is 0 Å². The highest BCUT2D eigenvalue weighted by Crippen LogP contribution is 2.23. The van der Waals surface area contributed by atoms with E-state index in [0.29, 0.717) is 17.0 Å². The Hall–Kier alpha value is -3.68. The van der Waals surface area contributed by atoms with Gasteiger partial charge in [-0.05, 0) is 12.1 Å². The van der Waals surface area contributed by atoms with Crippen molar-refractivity contribution >= 4 is 29.2 Å². The third kappa shape index (κ3) is 4.73. The molecule has 0 spiro atoms. The number of methoxy groups -OCH3 is 1. The fourth-order valence-corrected chi connectivity index (χ4v) is 2.61. The van der Waals surface area contributed by atoms with Crippen LogP contribution >= 0.6 is 0 Å². The minimum atomic E-state index is -1.18. The molecule has 8 nitrogen and oxygen atoms in total. The standard InChI is InChI=1S/C20H19N3O5/c1-27-15-9-5-8-14(12-15)21-19(25)18(13-6-3-2-4-7-13)28-20(26)16-10-11-17(24)23-22-16/h2-9,12,18H,10-11H2,1H3,(H,21,25)(H,23,24)/t18-/m1/s1. The van der Waals surface area contributed by atoms with Crippen molar-refractivity contribution in [2.45, 2.75) is 18.9 Å². The Morgan fingerprint density at radius 3 is 2.57 bits per heavy atom. The molecule has 0 unspecified atom stereocenters. The second-order valence-corrected chi connectivity index (χ2v) is 6.01. The minimum absolute atomic E-state index is 0.0645. The number of hydrogen-bond donors (Lipinski definition) is 2. The molecule has 28 heavy (non-hydrogen) atoms. The van der Waals surface area contributed by atoms with E-state index in [2.05, 4.69) is 15.8 Å². The first kappa shape index (κ1) is 19.1. The molecule has 0 aliphatic carbocycles. The number of carbonyl (C=O) groups is 3. The predicted octanol–water partition coefficient (Wildman–Crippen LogP) is 2.18. The Balaban J connectivity index is 1.79. The van der Waals surface area contributed by atoms with Gasteiger partial charge < -0.3 is 14.8 Å². The van der Waals surface area contributed by atoms with Crippen molar-refractivity contribution in [1.29, 1.82) is 0 Å². The van der Waals surface area contributed by atoms with Crippen LogP contribution in [0.5, 0.6) is 5.75 Å². The Morgan fingerprint density at radius 1 is 1.11 bits per heavy atom. The van der Waals surface area contributed by atoms with E-state index in [1.807, 2.05) is 0 Å². The maximum atomic E-state index is 12.8. The molecule has 0 fully saturated rings. The Morgan fingerprint density at radius 2 is 1.89 bits per heavy atom. The summed E-state index contributed by atoms with van der Waals surface area (Å²) in [5.41, 5.74) is 3.32. The van der Waals surface area contributed by atoms with E-state index in [-0.39, 0.29) is 24.5 Å². The van der Waals surface area contributed by atoms with Gasteiger partial charge in [0.1, 0.15) is 11.5 Å². The number of amides is 2. The zero-order valence-corrected chi connectivity index (χ0v) is 15.2. The van der Waals surface area contributed by atoms with Gasteiger partial charge in [0.15, 0.2) is 0 Å². The molecule has 1 aliphatic rings. The molecule has 144 valence electrons. The molecule has 0 radical (unpaired) electrons. The van der Waals surface area contributed by atoms with Gasteiger partial charge in [-0.2, -0.15) is 5.10 Å². The number of ether oxygens (including phenoxy) is 2. The molecule has 3 rings (SSSR count). The van der Waals surface area contributed by atoms with Crippen LogP contribution in [-0.2, 0) is 19.1 Å². The van der Waals surface area contributed by atoms with Gasteiger partial charge >= 0.3 is 5.97 Å². The van der Waals surface area contributed by atoms with Crippen LogP contribution in [0.1, 0.15) is 24.5 Å². The lowest BCUT2D eigenvalue weighted by atomic mass is 10.1. The van der Waals surface area contributed by atoms with E-state index in [1.165, 1.54) is 7.11 Å². The average molecular weight is 381 g/mol. The Kier molecular flexibility index (Phi) is 6.01. The summed E-state index contributed by atoms with van der Waals surface area (Å²) in [5.74, 6) is -0.965. The summed E-state index contributed by atoms with van der Waals surface area (Å²) in [6.07, 6.45) is -0.885.